The number of rotatable bonds is 15. The minimum absolute atomic E-state index is 0.401. The molecule has 0 radical (unpaired) electrons. The van der Waals surface area contributed by atoms with Crippen LogP contribution in [0, 0.1) is 0 Å². The summed E-state index contributed by atoms with van der Waals surface area (Å²) in [4.78, 5) is 32.8. The Bertz CT molecular complexity index is 484. The van der Waals surface area contributed by atoms with Gasteiger partial charge < -0.3 is 9.47 Å². The molecule has 0 aliphatic heterocycles. The summed E-state index contributed by atoms with van der Waals surface area (Å²) in [6, 6.07) is 0. The first-order chi connectivity index (χ1) is 13.5. The summed E-state index contributed by atoms with van der Waals surface area (Å²) in [5.41, 5.74) is 0. The van der Waals surface area contributed by atoms with E-state index in [0.29, 0.717) is 13.2 Å². The number of hydrogen-bond acceptors (Lipinski definition) is 8. The second-order valence-electron chi connectivity index (χ2n) is 5.47. The monoisotopic (exact) mass is 430 g/mol. The minimum Gasteiger partial charge on any atom is -0.449 e. The average Bonchev–Trinajstić information content (AvgIpc) is 2.70. The molecule has 0 aromatic carbocycles. The third-order valence-corrected chi connectivity index (χ3v) is 5.72. The van der Waals surface area contributed by atoms with Crippen LogP contribution in [0.25, 0.3) is 0 Å². The van der Waals surface area contributed by atoms with E-state index in [4.69, 9.17) is 9.47 Å². The van der Waals surface area contributed by atoms with Crippen LogP contribution in [0.3, 0.4) is 0 Å². The molecule has 0 fully saturated rings. The highest BCUT2D eigenvalue weighted by atomic mass is 33.1. The van der Waals surface area contributed by atoms with E-state index in [1.165, 1.54) is 34.6 Å². The normalized spacial score (nSPS) is 10.8. The van der Waals surface area contributed by atoms with E-state index in [1.54, 1.807) is 35.7 Å². The number of aliphatic imine (C=N–C) groups is 2. The SMILES string of the molecule is C=N/C=C\N(C)C(=O)OCCCCSSCCCCOC(=O)N(C)/C=C\N=C. The third-order valence-electron chi connectivity index (χ3n) is 3.15. The first kappa shape index (κ1) is 26.1. The van der Waals surface area contributed by atoms with Gasteiger partial charge >= 0.3 is 12.2 Å². The fourth-order valence-electron chi connectivity index (χ4n) is 1.58. The molecule has 2 amide bonds. The van der Waals surface area contributed by atoms with Crippen LogP contribution >= 0.6 is 21.6 Å². The van der Waals surface area contributed by atoms with Crippen molar-refractivity contribution in [1.82, 2.24) is 9.80 Å². The lowest BCUT2D eigenvalue weighted by Gasteiger charge is -2.12. The average molecular weight is 431 g/mol. The third kappa shape index (κ3) is 15.2. The maximum absolute atomic E-state index is 11.6. The zero-order valence-corrected chi connectivity index (χ0v) is 18.3. The summed E-state index contributed by atoms with van der Waals surface area (Å²) < 4.78 is 10.3. The van der Waals surface area contributed by atoms with E-state index in [9.17, 15) is 9.59 Å². The van der Waals surface area contributed by atoms with Gasteiger partial charge in [0.25, 0.3) is 0 Å². The number of nitrogens with zero attached hydrogens (tertiary/aromatic N) is 4. The van der Waals surface area contributed by atoms with Gasteiger partial charge in [0, 0.05) is 50.4 Å². The van der Waals surface area contributed by atoms with Gasteiger partial charge in [0.1, 0.15) is 0 Å². The van der Waals surface area contributed by atoms with Crippen molar-refractivity contribution in [2.24, 2.45) is 9.98 Å². The molecular weight excluding hydrogens is 400 g/mol. The molecule has 0 aromatic rings. The highest BCUT2D eigenvalue weighted by Crippen LogP contribution is 2.23. The molecule has 0 saturated carbocycles. The summed E-state index contributed by atoms with van der Waals surface area (Å²) in [6.07, 6.45) is 8.67. The predicted octanol–water partition coefficient (Wildman–Crippen LogP) is 4.41. The second-order valence-corrected chi connectivity index (χ2v) is 8.17. The smallest absolute Gasteiger partial charge is 0.413 e. The topological polar surface area (TPSA) is 83.8 Å². The molecule has 0 aliphatic rings. The van der Waals surface area contributed by atoms with E-state index in [0.717, 1.165) is 37.2 Å². The van der Waals surface area contributed by atoms with Crippen LogP contribution in [-0.4, -0.2) is 74.2 Å². The lowest BCUT2D eigenvalue weighted by Crippen LogP contribution is -2.22. The first-order valence-corrected chi connectivity index (χ1v) is 11.3. The van der Waals surface area contributed by atoms with E-state index < -0.39 is 12.2 Å². The zero-order chi connectivity index (χ0) is 21.0. The van der Waals surface area contributed by atoms with Crippen LogP contribution in [0.4, 0.5) is 9.59 Å². The molecule has 0 heterocycles. The second kappa shape index (κ2) is 18.4. The Hall–Kier alpha value is -1.94. The number of unbranched alkanes of at least 4 members (excludes halogenated alkanes) is 2. The van der Waals surface area contributed by atoms with Crippen molar-refractivity contribution in [2.45, 2.75) is 25.7 Å². The zero-order valence-electron chi connectivity index (χ0n) is 16.6. The molecule has 0 saturated heterocycles. The van der Waals surface area contributed by atoms with Crippen LogP contribution in [0.15, 0.2) is 34.8 Å². The Labute approximate surface area is 175 Å². The van der Waals surface area contributed by atoms with Gasteiger partial charge in [0.05, 0.1) is 13.2 Å². The molecule has 0 unspecified atom stereocenters. The van der Waals surface area contributed by atoms with E-state index in [-0.39, 0.29) is 0 Å². The lowest BCUT2D eigenvalue weighted by molar-refractivity contribution is 0.121. The molecule has 8 nitrogen and oxygen atoms in total. The van der Waals surface area contributed by atoms with Gasteiger partial charge in [-0.25, -0.2) is 9.59 Å². The van der Waals surface area contributed by atoms with Gasteiger partial charge in [0.2, 0.25) is 0 Å². The summed E-state index contributed by atoms with van der Waals surface area (Å²) in [5.74, 6) is 2.00. The molecule has 0 atom stereocenters. The molecule has 10 heteroatoms. The van der Waals surface area contributed by atoms with Gasteiger partial charge in [-0.1, -0.05) is 21.6 Å². The Balaban J connectivity index is 3.44. The van der Waals surface area contributed by atoms with Crippen LogP contribution in [0.2, 0.25) is 0 Å². The lowest BCUT2D eigenvalue weighted by atomic mass is 10.4. The summed E-state index contributed by atoms with van der Waals surface area (Å²) in [7, 11) is 6.81. The van der Waals surface area contributed by atoms with Crippen LogP contribution < -0.4 is 0 Å². The molecule has 158 valence electrons. The highest BCUT2D eigenvalue weighted by molar-refractivity contribution is 8.76. The van der Waals surface area contributed by atoms with E-state index in [1.807, 2.05) is 0 Å². The molecule has 0 spiro atoms. The maximum atomic E-state index is 11.6. The number of carbonyl (C=O) groups is 2. The summed E-state index contributed by atoms with van der Waals surface area (Å²) in [6.45, 7) is 7.40. The molecule has 0 N–H and O–H groups in total. The van der Waals surface area contributed by atoms with Gasteiger partial charge in [0.15, 0.2) is 0 Å². The van der Waals surface area contributed by atoms with Gasteiger partial charge in [-0.15, -0.1) is 0 Å². The van der Waals surface area contributed by atoms with Crippen molar-refractivity contribution >= 4 is 47.2 Å². The standard InChI is InChI=1S/C18H30N4O4S2/c1-19-9-11-21(3)17(23)25-13-5-7-15-27-28-16-8-6-14-26-18(24)22(4)12-10-20-2/h9-12H,1-2,5-8,13-16H2,3-4H3/b11-9-,12-10-. The Morgan fingerprint density at radius 2 is 1.21 bits per heavy atom. The van der Waals surface area contributed by atoms with Crippen LogP contribution in [0.1, 0.15) is 25.7 Å². The van der Waals surface area contributed by atoms with E-state index >= 15 is 0 Å². The number of amides is 2. The van der Waals surface area contributed by atoms with Crippen molar-refractivity contribution < 1.29 is 19.1 Å². The van der Waals surface area contributed by atoms with E-state index in [2.05, 4.69) is 23.4 Å². The number of carbonyl (C=O) groups excluding carboxylic acids is 2. The fraction of sp³-hybridized carbons (Fsp3) is 0.556. The first-order valence-electron chi connectivity index (χ1n) is 8.81. The van der Waals surface area contributed by atoms with Gasteiger partial charge in [-0.2, -0.15) is 0 Å². The highest BCUT2D eigenvalue weighted by Gasteiger charge is 2.06. The predicted molar refractivity (Wildman–Crippen MR) is 119 cm³/mol. The van der Waals surface area contributed by atoms with Gasteiger partial charge in [-0.05, 0) is 39.1 Å². The molecule has 0 aromatic heterocycles. The molecule has 28 heavy (non-hydrogen) atoms. The Kier molecular flexibility index (Phi) is 17.1. The van der Waals surface area contributed by atoms with Crippen molar-refractivity contribution in [3.63, 3.8) is 0 Å². The minimum atomic E-state index is -0.401. The van der Waals surface area contributed by atoms with Gasteiger partial charge in [-0.3, -0.25) is 19.8 Å². The molecule has 0 aliphatic carbocycles. The molecule has 0 rings (SSSR count). The quantitative estimate of drug-likeness (QED) is 0.217. The Morgan fingerprint density at radius 3 is 1.57 bits per heavy atom. The number of hydrogen-bond donors (Lipinski definition) is 0. The molecule has 0 bridgehead atoms. The van der Waals surface area contributed by atoms with Crippen LogP contribution in [-0.2, 0) is 9.47 Å². The van der Waals surface area contributed by atoms with Crippen molar-refractivity contribution in [3.8, 4) is 0 Å². The van der Waals surface area contributed by atoms with Crippen LogP contribution in [0.5, 0.6) is 0 Å². The summed E-state index contributed by atoms with van der Waals surface area (Å²) >= 11 is 0. The van der Waals surface area contributed by atoms with Crippen molar-refractivity contribution in [3.05, 3.63) is 24.8 Å². The maximum Gasteiger partial charge on any atom is 0.413 e. The fourth-order valence-corrected chi connectivity index (χ4v) is 3.88. The largest absolute Gasteiger partial charge is 0.449 e. The van der Waals surface area contributed by atoms with Crippen molar-refractivity contribution in [1.29, 1.82) is 0 Å². The van der Waals surface area contributed by atoms with Crippen molar-refractivity contribution in [2.75, 3.05) is 38.8 Å². The summed E-state index contributed by atoms with van der Waals surface area (Å²) in [5, 5.41) is 0. The Morgan fingerprint density at radius 1 is 0.821 bits per heavy atom. The number of ether oxygens (including phenoxy) is 2. The molecular formula is C18H30N4O4S2.